The van der Waals surface area contributed by atoms with E-state index in [-0.39, 0.29) is 30.3 Å². The second kappa shape index (κ2) is 10.5. The van der Waals surface area contributed by atoms with Crippen LogP contribution in [0.5, 0.6) is 0 Å². The van der Waals surface area contributed by atoms with Gasteiger partial charge in [0.05, 0.1) is 29.2 Å². The topological polar surface area (TPSA) is 129 Å². The lowest BCUT2D eigenvalue weighted by Gasteiger charge is -2.38. The summed E-state index contributed by atoms with van der Waals surface area (Å²) in [6, 6.07) is 6.90. The lowest BCUT2D eigenvalue weighted by atomic mass is 10.0. The maximum atomic E-state index is 14.9. The molecule has 1 amide bonds. The van der Waals surface area contributed by atoms with Crippen LogP contribution in [-0.2, 0) is 21.3 Å². The average Bonchev–Trinajstić information content (AvgIpc) is 3.31. The van der Waals surface area contributed by atoms with Gasteiger partial charge in [-0.2, -0.15) is 5.10 Å². The molecule has 2 atom stereocenters. The zero-order valence-electron chi connectivity index (χ0n) is 21.0. The highest BCUT2D eigenvalue weighted by Gasteiger charge is 2.34. The number of aromatic amines is 1. The average molecular weight is 531 g/mol. The number of fused-ring (bicyclic) bond motifs is 1. The van der Waals surface area contributed by atoms with Crippen molar-refractivity contribution in [1.29, 1.82) is 0 Å². The zero-order chi connectivity index (χ0) is 26.8. The molecule has 1 aromatic carbocycles. The van der Waals surface area contributed by atoms with Crippen molar-refractivity contribution in [3.8, 4) is 0 Å². The zero-order valence-corrected chi connectivity index (χ0v) is 21.8. The first-order valence-corrected chi connectivity index (χ1v) is 13.4. The Bertz CT molecular complexity index is 1380. The van der Waals surface area contributed by atoms with Crippen molar-refractivity contribution in [3.05, 3.63) is 66.3 Å². The molecule has 0 saturated carbocycles. The SMILES string of the molecule is C=C(OC(C)(C)C)N1CCC(NS(=O)(=O)c2ccc(CNC(=O)c3cnc4[nH]ncc4c3)cc2)C(F)C1. The fraction of sp³-hybridized carbons (Fsp3) is 0.400. The lowest BCUT2D eigenvalue weighted by molar-refractivity contribution is -0.0139. The number of ether oxygens (including phenoxy) is 1. The van der Waals surface area contributed by atoms with Crippen LogP contribution < -0.4 is 10.0 Å². The van der Waals surface area contributed by atoms with Gasteiger partial charge >= 0.3 is 0 Å². The number of halogens is 1. The number of hydrogen-bond donors (Lipinski definition) is 3. The van der Waals surface area contributed by atoms with Crippen molar-refractivity contribution in [2.24, 2.45) is 0 Å². The molecule has 0 aliphatic carbocycles. The highest BCUT2D eigenvalue weighted by molar-refractivity contribution is 7.89. The number of amides is 1. The maximum absolute atomic E-state index is 14.9. The number of carbonyl (C=O) groups excluding carboxylic acids is 1. The van der Waals surface area contributed by atoms with Gasteiger partial charge in [-0.15, -0.1) is 0 Å². The van der Waals surface area contributed by atoms with Gasteiger partial charge in [0.25, 0.3) is 5.91 Å². The second-order valence-electron chi connectivity index (χ2n) is 9.95. The highest BCUT2D eigenvalue weighted by Crippen LogP contribution is 2.23. The summed E-state index contributed by atoms with van der Waals surface area (Å²) in [5, 5.41) is 10.1. The van der Waals surface area contributed by atoms with Gasteiger partial charge < -0.3 is 15.0 Å². The molecule has 0 spiro atoms. The van der Waals surface area contributed by atoms with Crippen LogP contribution >= 0.6 is 0 Å². The Labute approximate surface area is 215 Å². The molecule has 3 aromatic rings. The van der Waals surface area contributed by atoms with Crippen LogP contribution in [0.15, 0.2) is 60.1 Å². The van der Waals surface area contributed by atoms with Gasteiger partial charge in [-0.3, -0.25) is 9.89 Å². The first-order valence-electron chi connectivity index (χ1n) is 11.9. The smallest absolute Gasteiger partial charge is 0.253 e. The number of sulfonamides is 1. The second-order valence-corrected chi connectivity index (χ2v) is 11.7. The minimum absolute atomic E-state index is 0.0101. The number of benzene rings is 1. The number of nitrogens with zero attached hydrogens (tertiary/aromatic N) is 3. The Morgan fingerprint density at radius 3 is 2.68 bits per heavy atom. The molecule has 1 aliphatic heterocycles. The minimum atomic E-state index is -3.93. The van der Waals surface area contributed by atoms with Crippen LogP contribution in [0.1, 0.15) is 43.1 Å². The Morgan fingerprint density at radius 1 is 1.27 bits per heavy atom. The Balaban J connectivity index is 1.31. The molecule has 3 N–H and O–H groups in total. The number of piperidine rings is 1. The lowest BCUT2D eigenvalue weighted by Crippen LogP contribution is -2.52. The molecule has 2 unspecified atom stereocenters. The number of pyridine rings is 1. The minimum Gasteiger partial charge on any atom is -0.474 e. The summed E-state index contributed by atoms with van der Waals surface area (Å²) >= 11 is 0. The largest absolute Gasteiger partial charge is 0.474 e. The van der Waals surface area contributed by atoms with E-state index in [0.29, 0.717) is 29.2 Å². The van der Waals surface area contributed by atoms with Gasteiger partial charge in [0.2, 0.25) is 10.0 Å². The fourth-order valence-electron chi connectivity index (χ4n) is 3.98. The van der Waals surface area contributed by atoms with Crippen LogP contribution in [0, 0.1) is 0 Å². The number of alkyl halides is 1. The van der Waals surface area contributed by atoms with Crippen molar-refractivity contribution in [1.82, 2.24) is 30.1 Å². The molecule has 1 fully saturated rings. The van der Waals surface area contributed by atoms with Gasteiger partial charge in [0.1, 0.15) is 11.8 Å². The number of nitrogens with one attached hydrogen (secondary N) is 3. The van der Waals surface area contributed by atoms with E-state index >= 15 is 0 Å². The standard InChI is InChI=1S/C25H31FN6O4S/c1-16(36-25(2,3)4)32-10-9-22(21(26)15-32)31-37(34,35)20-7-5-17(6-8-20)12-28-24(33)19-11-18-14-29-30-23(18)27-13-19/h5-8,11,13-14,21-22,31H,1,9-10,12,15H2,2-4H3,(H,28,33)(H,27,29,30). The van der Waals surface area contributed by atoms with Crippen molar-refractivity contribution in [2.75, 3.05) is 13.1 Å². The fourth-order valence-corrected chi connectivity index (χ4v) is 5.28. The van der Waals surface area contributed by atoms with Gasteiger partial charge in [0.15, 0.2) is 11.5 Å². The molecular weight excluding hydrogens is 499 g/mol. The molecule has 198 valence electrons. The van der Waals surface area contributed by atoms with E-state index in [2.05, 4.69) is 31.8 Å². The van der Waals surface area contributed by atoms with E-state index < -0.39 is 27.8 Å². The summed E-state index contributed by atoms with van der Waals surface area (Å²) in [6.45, 7) is 10.1. The van der Waals surface area contributed by atoms with Gasteiger partial charge in [-0.1, -0.05) is 12.1 Å². The van der Waals surface area contributed by atoms with E-state index in [0.717, 1.165) is 5.39 Å². The van der Waals surface area contributed by atoms with E-state index in [1.54, 1.807) is 29.3 Å². The molecule has 37 heavy (non-hydrogen) atoms. The Kier molecular flexibility index (Phi) is 7.51. The molecule has 12 heteroatoms. The normalized spacial score (nSPS) is 18.5. The van der Waals surface area contributed by atoms with Crippen LogP contribution in [0.4, 0.5) is 4.39 Å². The number of hydrogen-bond acceptors (Lipinski definition) is 7. The summed E-state index contributed by atoms with van der Waals surface area (Å²) < 4.78 is 48.8. The van der Waals surface area contributed by atoms with Crippen LogP contribution in [0.3, 0.4) is 0 Å². The first-order chi connectivity index (χ1) is 17.4. The van der Waals surface area contributed by atoms with Crippen molar-refractivity contribution >= 4 is 27.0 Å². The molecule has 10 nitrogen and oxygen atoms in total. The number of carbonyl (C=O) groups is 1. The molecule has 1 saturated heterocycles. The Morgan fingerprint density at radius 2 is 2.00 bits per heavy atom. The first kappa shape index (κ1) is 26.6. The van der Waals surface area contributed by atoms with Crippen molar-refractivity contribution < 1.29 is 22.3 Å². The van der Waals surface area contributed by atoms with Gasteiger partial charge in [-0.25, -0.2) is 22.5 Å². The van der Waals surface area contributed by atoms with Gasteiger partial charge in [0, 0.05) is 24.7 Å². The van der Waals surface area contributed by atoms with Crippen molar-refractivity contribution in [3.63, 3.8) is 0 Å². The van der Waals surface area contributed by atoms with Crippen molar-refractivity contribution in [2.45, 2.75) is 56.4 Å². The molecule has 1 aliphatic rings. The molecule has 0 bridgehead atoms. The third-order valence-electron chi connectivity index (χ3n) is 5.86. The molecular formula is C25H31FN6O4S. The van der Waals surface area contributed by atoms with Crippen LogP contribution in [0.2, 0.25) is 0 Å². The summed E-state index contributed by atoms with van der Waals surface area (Å²) in [5.74, 6) is 0.0577. The molecule has 4 rings (SSSR count). The third-order valence-corrected chi connectivity index (χ3v) is 7.37. The third kappa shape index (κ3) is 6.63. The van der Waals surface area contributed by atoms with E-state index in [9.17, 15) is 17.6 Å². The van der Waals surface area contributed by atoms with Crippen LogP contribution in [-0.4, -0.2) is 65.3 Å². The predicted octanol–water partition coefficient (Wildman–Crippen LogP) is 2.86. The maximum Gasteiger partial charge on any atom is 0.253 e. The summed E-state index contributed by atoms with van der Waals surface area (Å²) in [5.41, 5.74) is 1.23. The van der Waals surface area contributed by atoms with E-state index in [1.165, 1.54) is 18.3 Å². The van der Waals surface area contributed by atoms with E-state index in [1.807, 2.05) is 20.8 Å². The summed E-state index contributed by atoms with van der Waals surface area (Å²) in [4.78, 5) is 18.3. The number of H-pyrrole nitrogens is 1. The quantitative estimate of drug-likeness (QED) is 0.382. The molecule has 2 aromatic heterocycles. The van der Waals surface area contributed by atoms with Gasteiger partial charge in [-0.05, 0) is 57.5 Å². The molecule has 0 radical (unpaired) electrons. The Hall–Kier alpha value is -3.51. The number of aromatic nitrogens is 3. The predicted molar refractivity (Wildman–Crippen MR) is 137 cm³/mol. The number of rotatable bonds is 8. The summed E-state index contributed by atoms with van der Waals surface area (Å²) in [6.07, 6.45) is 1.89. The van der Waals surface area contributed by atoms with Crippen LogP contribution in [0.25, 0.3) is 11.0 Å². The monoisotopic (exact) mass is 530 g/mol. The summed E-state index contributed by atoms with van der Waals surface area (Å²) in [7, 11) is -3.93. The number of likely N-dealkylation sites (tertiary alicyclic amines) is 1. The molecule has 3 heterocycles. The highest BCUT2D eigenvalue weighted by atomic mass is 32.2. The van der Waals surface area contributed by atoms with E-state index in [4.69, 9.17) is 4.74 Å².